The molecule has 7 heteroatoms. The van der Waals surface area contributed by atoms with Gasteiger partial charge in [0.2, 0.25) is 0 Å². The molecule has 3 saturated heterocycles. The smallest absolute Gasteiger partial charge is 0.193 e. The second-order valence-corrected chi connectivity index (χ2v) is 7.75. The van der Waals surface area contributed by atoms with Crippen LogP contribution in [0, 0.1) is 5.92 Å². The van der Waals surface area contributed by atoms with Crippen LogP contribution in [0.1, 0.15) is 32.6 Å². The SMILES string of the molecule is CCCN1CCC(CNC(=NC)N2CCC(N3CCOCC3)C2)CC1.I. The van der Waals surface area contributed by atoms with Gasteiger partial charge in [-0.2, -0.15) is 0 Å². The Morgan fingerprint density at radius 3 is 2.46 bits per heavy atom. The van der Waals surface area contributed by atoms with Gasteiger partial charge in [0.05, 0.1) is 13.2 Å². The van der Waals surface area contributed by atoms with E-state index in [0.717, 1.165) is 57.8 Å². The molecule has 26 heavy (non-hydrogen) atoms. The van der Waals surface area contributed by atoms with E-state index in [2.05, 4.69) is 31.9 Å². The molecular formula is C19H38IN5O. The van der Waals surface area contributed by atoms with Crippen LogP contribution >= 0.6 is 24.0 Å². The summed E-state index contributed by atoms with van der Waals surface area (Å²) in [7, 11) is 1.92. The van der Waals surface area contributed by atoms with Crippen LogP contribution in [-0.2, 0) is 4.74 Å². The van der Waals surface area contributed by atoms with Crippen molar-refractivity contribution in [1.82, 2.24) is 20.0 Å². The van der Waals surface area contributed by atoms with Crippen molar-refractivity contribution in [1.29, 1.82) is 0 Å². The third-order valence-corrected chi connectivity index (χ3v) is 6.03. The summed E-state index contributed by atoms with van der Waals surface area (Å²) >= 11 is 0. The third-order valence-electron chi connectivity index (χ3n) is 6.03. The van der Waals surface area contributed by atoms with Crippen molar-refractivity contribution in [3.8, 4) is 0 Å². The van der Waals surface area contributed by atoms with Crippen molar-refractivity contribution in [3.63, 3.8) is 0 Å². The van der Waals surface area contributed by atoms with Gasteiger partial charge in [0.15, 0.2) is 5.96 Å². The Balaban J connectivity index is 0.00000243. The van der Waals surface area contributed by atoms with Crippen molar-refractivity contribution in [2.24, 2.45) is 10.9 Å². The second-order valence-electron chi connectivity index (χ2n) is 7.75. The largest absolute Gasteiger partial charge is 0.379 e. The van der Waals surface area contributed by atoms with Crippen molar-refractivity contribution in [2.45, 2.75) is 38.6 Å². The molecule has 0 radical (unpaired) electrons. The number of piperidine rings is 1. The number of likely N-dealkylation sites (tertiary alicyclic amines) is 2. The van der Waals surface area contributed by atoms with Crippen molar-refractivity contribution in [2.75, 3.05) is 72.6 Å². The van der Waals surface area contributed by atoms with Gasteiger partial charge in [-0.3, -0.25) is 9.89 Å². The summed E-state index contributed by atoms with van der Waals surface area (Å²) < 4.78 is 5.49. The number of rotatable bonds is 5. The maximum atomic E-state index is 5.49. The average molecular weight is 479 g/mol. The summed E-state index contributed by atoms with van der Waals surface area (Å²) in [6, 6.07) is 0.666. The van der Waals surface area contributed by atoms with Crippen molar-refractivity contribution in [3.05, 3.63) is 0 Å². The van der Waals surface area contributed by atoms with Gasteiger partial charge in [0.25, 0.3) is 0 Å². The van der Waals surface area contributed by atoms with Crippen LogP contribution in [0.25, 0.3) is 0 Å². The Morgan fingerprint density at radius 1 is 1.08 bits per heavy atom. The number of hydrogen-bond acceptors (Lipinski definition) is 4. The molecule has 1 N–H and O–H groups in total. The number of nitrogens with zero attached hydrogens (tertiary/aromatic N) is 4. The van der Waals surface area contributed by atoms with Gasteiger partial charge < -0.3 is 19.9 Å². The summed E-state index contributed by atoms with van der Waals surface area (Å²) in [6.45, 7) is 13.3. The van der Waals surface area contributed by atoms with Gasteiger partial charge in [-0.05, 0) is 51.2 Å². The molecule has 3 heterocycles. The number of ether oxygens (including phenoxy) is 1. The number of aliphatic imine (C=N–C) groups is 1. The molecule has 152 valence electrons. The summed E-state index contributed by atoms with van der Waals surface area (Å²) in [5.74, 6) is 1.90. The topological polar surface area (TPSA) is 43.3 Å². The number of halogens is 1. The maximum Gasteiger partial charge on any atom is 0.193 e. The standard InChI is InChI=1S/C19H37N5O.HI/c1-3-7-22-8-4-17(5-9-22)15-21-19(20-2)24-10-6-18(16-24)23-11-13-25-14-12-23;/h17-18H,3-16H2,1-2H3,(H,20,21);1H. The number of morpholine rings is 1. The molecule has 0 aromatic rings. The average Bonchev–Trinajstić information content (AvgIpc) is 3.15. The van der Waals surface area contributed by atoms with Crippen LogP contribution in [0.3, 0.4) is 0 Å². The Kier molecular flexibility index (Phi) is 9.94. The lowest BCUT2D eigenvalue weighted by Crippen LogP contribution is -2.47. The number of nitrogens with one attached hydrogen (secondary N) is 1. The molecule has 0 bridgehead atoms. The van der Waals surface area contributed by atoms with Crippen LogP contribution in [0.2, 0.25) is 0 Å². The van der Waals surface area contributed by atoms with E-state index in [4.69, 9.17) is 4.74 Å². The van der Waals surface area contributed by atoms with E-state index in [1.54, 1.807) is 0 Å². The highest BCUT2D eigenvalue weighted by molar-refractivity contribution is 14.0. The molecule has 3 aliphatic rings. The van der Waals surface area contributed by atoms with Gasteiger partial charge in [0.1, 0.15) is 0 Å². The van der Waals surface area contributed by atoms with Crippen LogP contribution in [0.15, 0.2) is 4.99 Å². The zero-order chi connectivity index (χ0) is 17.5. The van der Waals surface area contributed by atoms with Crippen LogP contribution < -0.4 is 5.32 Å². The fourth-order valence-electron chi connectivity index (χ4n) is 4.47. The summed E-state index contributed by atoms with van der Waals surface area (Å²) in [4.78, 5) is 12.2. The number of guanidine groups is 1. The van der Waals surface area contributed by atoms with E-state index in [9.17, 15) is 0 Å². The van der Waals surface area contributed by atoms with Gasteiger partial charge in [0, 0.05) is 45.8 Å². The van der Waals surface area contributed by atoms with Gasteiger partial charge in [-0.15, -0.1) is 24.0 Å². The quantitative estimate of drug-likeness (QED) is 0.370. The minimum absolute atomic E-state index is 0. The molecular weight excluding hydrogens is 441 g/mol. The van der Waals surface area contributed by atoms with Crippen LogP contribution in [0.4, 0.5) is 0 Å². The predicted molar refractivity (Wildman–Crippen MR) is 119 cm³/mol. The predicted octanol–water partition coefficient (Wildman–Crippen LogP) is 1.71. The molecule has 0 saturated carbocycles. The molecule has 1 unspecified atom stereocenters. The summed E-state index contributed by atoms with van der Waals surface area (Å²) in [6.07, 6.45) is 5.16. The van der Waals surface area contributed by atoms with Gasteiger partial charge >= 0.3 is 0 Å². The number of hydrogen-bond donors (Lipinski definition) is 1. The molecule has 0 aromatic heterocycles. The van der Waals surface area contributed by atoms with E-state index in [-0.39, 0.29) is 24.0 Å². The Bertz CT molecular complexity index is 422. The van der Waals surface area contributed by atoms with E-state index in [1.807, 2.05) is 7.05 Å². The van der Waals surface area contributed by atoms with Crippen LogP contribution in [-0.4, -0.2) is 99.3 Å². The molecule has 6 nitrogen and oxygen atoms in total. The lowest BCUT2D eigenvalue weighted by Gasteiger charge is -2.33. The Labute approximate surface area is 176 Å². The molecule has 3 aliphatic heterocycles. The summed E-state index contributed by atoms with van der Waals surface area (Å²) in [5, 5.41) is 3.67. The highest BCUT2D eigenvalue weighted by atomic mass is 127. The van der Waals surface area contributed by atoms with Gasteiger partial charge in [-0.1, -0.05) is 6.92 Å². The first-order valence-electron chi connectivity index (χ1n) is 10.3. The van der Waals surface area contributed by atoms with Crippen LogP contribution in [0.5, 0.6) is 0 Å². The first kappa shape index (κ1) is 22.2. The van der Waals surface area contributed by atoms with Gasteiger partial charge in [-0.25, -0.2) is 0 Å². The Hall–Kier alpha value is -0.120. The summed E-state index contributed by atoms with van der Waals surface area (Å²) in [5.41, 5.74) is 0. The lowest BCUT2D eigenvalue weighted by molar-refractivity contribution is 0.0194. The highest BCUT2D eigenvalue weighted by Crippen LogP contribution is 2.19. The first-order valence-corrected chi connectivity index (χ1v) is 10.3. The normalized spacial score (nSPS) is 26.8. The van der Waals surface area contributed by atoms with E-state index < -0.39 is 0 Å². The van der Waals surface area contributed by atoms with E-state index in [1.165, 1.54) is 45.3 Å². The van der Waals surface area contributed by atoms with E-state index >= 15 is 0 Å². The molecule has 0 amide bonds. The molecule has 0 aromatic carbocycles. The van der Waals surface area contributed by atoms with Crippen molar-refractivity contribution >= 4 is 29.9 Å². The fraction of sp³-hybridized carbons (Fsp3) is 0.947. The molecule has 0 spiro atoms. The molecule has 3 fully saturated rings. The minimum Gasteiger partial charge on any atom is -0.379 e. The first-order chi connectivity index (χ1) is 12.3. The maximum absolute atomic E-state index is 5.49. The molecule has 3 rings (SSSR count). The molecule has 1 atom stereocenters. The van der Waals surface area contributed by atoms with Crippen molar-refractivity contribution < 1.29 is 4.74 Å². The monoisotopic (exact) mass is 479 g/mol. The lowest BCUT2D eigenvalue weighted by atomic mass is 9.97. The zero-order valence-electron chi connectivity index (χ0n) is 16.7. The fourth-order valence-corrected chi connectivity index (χ4v) is 4.47. The van der Waals surface area contributed by atoms with E-state index in [0.29, 0.717) is 6.04 Å². The minimum atomic E-state index is 0. The zero-order valence-corrected chi connectivity index (χ0v) is 19.0. The second kappa shape index (κ2) is 11.7. The molecule has 0 aliphatic carbocycles. The highest BCUT2D eigenvalue weighted by Gasteiger charge is 2.30. The third kappa shape index (κ3) is 6.21. The Morgan fingerprint density at radius 2 is 1.81 bits per heavy atom.